The van der Waals surface area contributed by atoms with Crippen LogP contribution in [-0.4, -0.2) is 40.7 Å². The molecule has 1 aromatic heterocycles. The number of hydrogen-bond acceptors (Lipinski definition) is 4. The fourth-order valence-corrected chi connectivity index (χ4v) is 6.04. The van der Waals surface area contributed by atoms with E-state index in [9.17, 15) is 0 Å². The fraction of sp³-hybridized carbons (Fsp3) is 0.333. The Labute approximate surface area is 230 Å². The van der Waals surface area contributed by atoms with Crippen molar-refractivity contribution >= 4 is 45.9 Å². The molecule has 5 nitrogen and oxygen atoms in total. The number of anilines is 2. The molecule has 2 N–H and O–H groups in total. The Kier molecular flexibility index (Phi) is 7.15. The maximum Gasteiger partial charge on any atom is 0.170 e. The van der Waals surface area contributed by atoms with E-state index in [-0.39, 0.29) is 17.6 Å². The number of pyridine rings is 1. The topological polar surface area (TPSA) is 43.4 Å². The van der Waals surface area contributed by atoms with Crippen molar-refractivity contribution < 1.29 is 0 Å². The number of allylic oxidation sites excluding steroid dienone is 1. The first-order chi connectivity index (χ1) is 17.8. The van der Waals surface area contributed by atoms with Crippen molar-refractivity contribution in [3.8, 4) is 0 Å². The molecule has 37 heavy (non-hydrogen) atoms. The van der Waals surface area contributed by atoms with Gasteiger partial charge in [-0.15, -0.1) is 0 Å². The van der Waals surface area contributed by atoms with Gasteiger partial charge in [-0.2, -0.15) is 0 Å². The van der Waals surface area contributed by atoms with E-state index in [4.69, 9.17) is 23.8 Å². The monoisotopic (exact) mass is 531 g/mol. The van der Waals surface area contributed by atoms with E-state index in [0.29, 0.717) is 0 Å². The van der Waals surface area contributed by atoms with Crippen LogP contribution in [-0.2, 0) is 0 Å². The minimum Gasteiger partial charge on any atom is -0.385 e. The zero-order chi connectivity index (χ0) is 26.2. The van der Waals surface area contributed by atoms with Gasteiger partial charge in [-0.1, -0.05) is 41.9 Å². The van der Waals surface area contributed by atoms with Gasteiger partial charge in [-0.3, -0.25) is 4.98 Å². The third-order valence-electron chi connectivity index (χ3n) is 7.53. The van der Waals surface area contributed by atoms with Gasteiger partial charge in [0.05, 0.1) is 23.3 Å². The number of hydrogen-bond donors (Lipinski definition) is 2. The number of halogens is 1. The van der Waals surface area contributed by atoms with Crippen LogP contribution in [0.4, 0.5) is 11.4 Å². The lowest BCUT2D eigenvalue weighted by Gasteiger charge is -2.41. The number of fused-ring (bicyclic) bond motifs is 1. The van der Waals surface area contributed by atoms with Gasteiger partial charge in [0.15, 0.2) is 5.11 Å². The second-order valence-electron chi connectivity index (χ2n) is 10.4. The van der Waals surface area contributed by atoms with Crippen LogP contribution < -0.4 is 15.5 Å². The van der Waals surface area contributed by atoms with Crippen LogP contribution in [0.3, 0.4) is 0 Å². The average Bonchev–Trinajstić information content (AvgIpc) is 3.21. The summed E-state index contributed by atoms with van der Waals surface area (Å²) in [5, 5.41) is 8.56. The fourth-order valence-electron chi connectivity index (χ4n) is 5.44. The van der Waals surface area contributed by atoms with E-state index >= 15 is 0 Å². The van der Waals surface area contributed by atoms with Crippen LogP contribution in [0.5, 0.6) is 0 Å². The number of benzene rings is 2. The van der Waals surface area contributed by atoms with Crippen molar-refractivity contribution in [1.29, 1.82) is 0 Å². The van der Waals surface area contributed by atoms with Crippen molar-refractivity contribution in [1.82, 2.24) is 15.2 Å². The van der Waals surface area contributed by atoms with Crippen LogP contribution in [0, 0.1) is 0 Å². The first-order valence-corrected chi connectivity index (χ1v) is 13.6. The van der Waals surface area contributed by atoms with Gasteiger partial charge in [0.25, 0.3) is 0 Å². The van der Waals surface area contributed by atoms with E-state index in [0.717, 1.165) is 52.3 Å². The van der Waals surface area contributed by atoms with Gasteiger partial charge in [0, 0.05) is 48.3 Å². The van der Waals surface area contributed by atoms with E-state index in [1.165, 1.54) is 11.1 Å². The van der Waals surface area contributed by atoms with E-state index in [1.807, 2.05) is 36.5 Å². The summed E-state index contributed by atoms with van der Waals surface area (Å²) in [5.41, 5.74) is 6.70. The highest BCUT2D eigenvalue weighted by Gasteiger charge is 2.41. The van der Waals surface area contributed by atoms with Crippen molar-refractivity contribution in [2.24, 2.45) is 0 Å². The SMILES string of the molecule is CC1=CC(C)(C)N(C)c2cc(Cl)c([C@H]3[C@H](c4ccccn4)NC(=S)N3CCCNc3ccccc3)cc21. The third-order valence-corrected chi connectivity index (χ3v) is 8.21. The zero-order valence-electron chi connectivity index (χ0n) is 21.8. The van der Waals surface area contributed by atoms with Gasteiger partial charge < -0.3 is 20.4 Å². The number of nitrogens with one attached hydrogen (secondary N) is 2. The zero-order valence-corrected chi connectivity index (χ0v) is 23.4. The number of nitrogens with zero attached hydrogens (tertiary/aromatic N) is 3. The molecule has 0 spiro atoms. The molecule has 2 aliphatic heterocycles. The summed E-state index contributed by atoms with van der Waals surface area (Å²) in [6.07, 6.45) is 5.09. The van der Waals surface area contributed by atoms with Gasteiger partial charge in [0.2, 0.25) is 0 Å². The molecule has 0 amide bonds. The van der Waals surface area contributed by atoms with Crippen LogP contribution in [0.1, 0.15) is 56.1 Å². The maximum atomic E-state index is 7.08. The number of rotatable bonds is 7. The van der Waals surface area contributed by atoms with Crippen molar-refractivity contribution in [2.75, 3.05) is 30.4 Å². The first-order valence-electron chi connectivity index (χ1n) is 12.8. The number of aromatic nitrogens is 1. The molecule has 3 heterocycles. The van der Waals surface area contributed by atoms with E-state index < -0.39 is 0 Å². The van der Waals surface area contributed by atoms with Gasteiger partial charge >= 0.3 is 0 Å². The number of likely N-dealkylation sites (N-methyl/N-ethyl adjacent to an activating group) is 1. The molecule has 0 aliphatic carbocycles. The summed E-state index contributed by atoms with van der Waals surface area (Å²) < 4.78 is 0. The van der Waals surface area contributed by atoms with E-state index in [2.05, 4.69) is 89.6 Å². The minimum atomic E-state index is -0.0895. The van der Waals surface area contributed by atoms with Crippen molar-refractivity contribution in [3.05, 3.63) is 94.8 Å². The predicted molar refractivity (Wildman–Crippen MR) is 159 cm³/mol. The standard InChI is InChI=1S/C30H34ClN5S/c1-20-19-30(2,3)35(4)26-18-24(31)23(17-22(20)26)28-27(25-13-8-9-14-33-25)34-29(37)36(28)16-10-15-32-21-11-6-5-7-12-21/h5-9,11-14,17-19,27-28,32H,10,15-16H2,1-4H3,(H,34,37)/t27-,28-/m0/s1. The molecule has 192 valence electrons. The lowest BCUT2D eigenvalue weighted by molar-refractivity contribution is 0.316. The molecular formula is C30H34ClN5S. The summed E-state index contributed by atoms with van der Waals surface area (Å²) in [5.74, 6) is 0. The molecule has 7 heteroatoms. The molecule has 1 fully saturated rings. The minimum absolute atomic E-state index is 0.0648. The highest BCUT2D eigenvalue weighted by atomic mass is 35.5. The molecule has 0 bridgehead atoms. The molecule has 2 aromatic carbocycles. The highest BCUT2D eigenvalue weighted by molar-refractivity contribution is 7.80. The van der Waals surface area contributed by atoms with Crippen molar-refractivity contribution in [2.45, 2.75) is 44.8 Å². The second kappa shape index (κ2) is 10.3. The summed E-state index contributed by atoms with van der Waals surface area (Å²) in [7, 11) is 2.13. The molecule has 5 rings (SSSR count). The molecule has 0 saturated carbocycles. The average molecular weight is 532 g/mol. The Hall–Kier alpha value is -3.09. The Balaban J connectivity index is 1.48. The Morgan fingerprint density at radius 2 is 1.86 bits per heavy atom. The molecule has 1 saturated heterocycles. The largest absolute Gasteiger partial charge is 0.385 e. The van der Waals surface area contributed by atoms with Crippen LogP contribution in [0.25, 0.3) is 5.57 Å². The molecule has 2 atom stereocenters. The summed E-state index contributed by atoms with van der Waals surface area (Å²) in [6, 6.07) is 20.5. The van der Waals surface area contributed by atoms with E-state index in [1.54, 1.807) is 0 Å². The van der Waals surface area contributed by atoms with Gasteiger partial charge in [0.1, 0.15) is 0 Å². The number of thiocarbonyl (C=S) groups is 1. The maximum absolute atomic E-state index is 7.08. The molecule has 3 aromatic rings. The summed E-state index contributed by atoms with van der Waals surface area (Å²) in [4.78, 5) is 9.26. The predicted octanol–water partition coefficient (Wildman–Crippen LogP) is 6.84. The Morgan fingerprint density at radius 3 is 2.59 bits per heavy atom. The molecular weight excluding hydrogens is 498 g/mol. The smallest absolute Gasteiger partial charge is 0.170 e. The van der Waals surface area contributed by atoms with Crippen LogP contribution in [0.15, 0.2) is 72.9 Å². The molecule has 0 unspecified atom stereocenters. The second-order valence-corrected chi connectivity index (χ2v) is 11.2. The first kappa shape index (κ1) is 25.6. The third kappa shape index (κ3) is 5.05. The summed E-state index contributed by atoms with van der Waals surface area (Å²) in [6.45, 7) is 8.29. The highest BCUT2D eigenvalue weighted by Crippen LogP contribution is 2.46. The molecule has 0 radical (unpaired) electrons. The van der Waals surface area contributed by atoms with Crippen LogP contribution >= 0.6 is 23.8 Å². The van der Waals surface area contributed by atoms with Crippen LogP contribution in [0.2, 0.25) is 5.02 Å². The summed E-state index contributed by atoms with van der Waals surface area (Å²) >= 11 is 13.0. The lowest BCUT2D eigenvalue weighted by atomic mass is 9.86. The van der Waals surface area contributed by atoms with Gasteiger partial charge in [-0.05, 0) is 86.9 Å². The normalized spacial score (nSPS) is 20.4. The lowest BCUT2D eigenvalue weighted by Crippen LogP contribution is -2.42. The Morgan fingerprint density at radius 1 is 1.11 bits per heavy atom. The quantitative estimate of drug-likeness (QED) is 0.257. The number of para-hydroxylation sites is 1. The molecule has 2 aliphatic rings. The van der Waals surface area contributed by atoms with Gasteiger partial charge in [-0.25, -0.2) is 0 Å². The Bertz CT molecular complexity index is 1310. The van der Waals surface area contributed by atoms with Crippen molar-refractivity contribution in [3.63, 3.8) is 0 Å².